The lowest BCUT2D eigenvalue weighted by Gasteiger charge is -2.19. The van der Waals surface area contributed by atoms with Crippen LogP contribution in [0.4, 0.5) is 0 Å². The van der Waals surface area contributed by atoms with E-state index in [-0.39, 0.29) is 5.97 Å². The van der Waals surface area contributed by atoms with E-state index in [1.165, 1.54) is 14.0 Å². The van der Waals surface area contributed by atoms with E-state index in [1.54, 1.807) is 6.07 Å². The van der Waals surface area contributed by atoms with E-state index >= 15 is 0 Å². The first kappa shape index (κ1) is 19.7. The molecule has 0 bridgehead atoms. The van der Waals surface area contributed by atoms with Gasteiger partial charge in [-0.05, 0) is 30.3 Å². The minimum atomic E-state index is -0.516. The number of carbonyl (C=O) groups is 1. The summed E-state index contributed by atoms with van der Waals surface area (Å²) in [4.78, 5) is 13.1. The summed E-state index contributed by atoms with van der Waals surface area (Å²) in [5.74, 6) is 0.528. The molecule has 5 heteroatoms. The van der Waals surface area contributed by atoms with Crippen molar-refractivity contribution < 1.29 is 19.4 Å². The molecule has 0 radical (unpaired) electrons. The standard InChI is InChI=1S/C21H25NO4/c1-16(23)26-20-12-11-17(14-21(20)25-3)8-7-13-22(2)15-19(24)18-9-5-4-6-10-18/h4-12,14,19,24H,13,15H2,1-3H3/b8-7+. The van der Waals surface area contributed by atoms with Crippen LogP contribution in [0.1, 0.15) is 24.2 Å². The Labute approximate surface area is 154 Å². The van der Waals surface area contributed by atoms with Crippen LogP contribution in [0.5, 0.6) is 11.5 Å². The number of carbonyl (C=O) groups excluding carboxylic acids is 1. The third kappa shape index (κ3) is 6.02. The van der Waals surface area contributed by atoms with Crippen molar-refractivity contribution in [2.45, 2.75) is 13.0 Å². The molecular formula is C21H25NO4. The van der Waals surface area contributed by atoms with Crippen LogP contribution in [-0.2, 0) is 4.79 Å². The second-order valence-corrected chi connectivity index (χ2v) is 6.05. The first-order chi connectivity index (χ1) is 12.5. The van der Waals surface area contributed by atoms with Crippen molar-refractivity contribution in [2.75, 3.05) is 27.2 Å². The molecular weight excluding hydrogens is 330 g/mol. The maximum Gasteiger partial charge on any atom is 0.308 e. The zero-order valence-electron chi connectivity index (χ0n) is 15.4. The number of esters is 1. The first-order valence-electron chi connectivity index (χ1n) is 8.44. The molecule has 0 saturated carbocycles. The Balaban J connectivity index is 1.92. The summed E-state index contributed by atoms with van der Waals surface area (Å²) in [5.41, 5.74) is 1.85. The quantitative estimate of drug-likeness (QED) is 0.582. The lowest BCUT2D eigenvalue weighted by Crippen LogP contribution is -2.24. The lowest BCUT2D eigenvalue weighted by molar-refractivity contribution is -0.132. The number of hydrogen-bond donors (Lipinski definition) is 1. The van der Waals surface area contributed by atoms with Gasteiger partial charge in [0.15, 0.2) is 11.5 Å². The minimum Gasteiger partial charge on any atom is -0.493 e. The Morgan fingerprint density at radius 3 is 2.58 bits per heavy atom. The zero-order valence-corrected chi connectivity index (χ0v) is 15.4. The van der Waals surface area contributed by atoms with Crippen molar-refractivity contribution in [2.24, 2.45) is 0 Å². The molecule has 0 saturated heterocycles. The maximum atomic E-state index is 11.1. The number of aliphatic hydroxyl groups is 1. The average molecular weight is 355 g/mol. The van der Waals surface area contributed by atoms with E-state index in [0.29, 0.717) is 24.6 Å². The van der Waals surface area contributed by atoms with Crippen molar-refractivity contribution in [3.63, 3.8) is 0 Å². The van der Waals surface area contributed by atoms with Crippen LogP contribution >= 0.6 is 0 Å². The SMILES string of the molecule is COc1cc(/C=C/CN(C)CC(O)c2ccccc2)ccc1OC(C)=O. The number of benzene rings is 2. The molecule has 1 N–H and O–H groups in total. The number of likely N-dealkylation sites (N-methyl/N-ethyl adjacent to an activating group) is 1. The third-order valence-electron chi connectivity index (χ3n) is 3.84. The Kier molecular flexibility index (Phi) is 7.38. The summed E-state index contributed by atoms with van der Waals surface area (Å²) in [6.45, 7) is 2.59. The molecule has 2 rings (SSSR count). The number of ether oxygens (including phenoxy) is 2. The third-order valence-corrected chi connectivity index (χ3v) is 3.84. The van der Waals surface area contributed by atoms with Gasteiger partial charge in [0, 0.05) is 20.0 Å². The summed E-state index contributed by atoms with van der Waals surface area (Å²) in [6, 6.07) is 15.0. The number of methoxy groups -OCH3 is 1. The van der Waals surface area contributed by atoms with Crippen LogP contribution in [0.15, 0.2) is 54.6 Å². The molecule has 0 aromatic heterocycles. The minimum absolute atomic E-state index is 0.384. The molecule has 1 unspecified atom stereocenters. The van der Waals surface area contributed by atoms with E-state index < -0.39 is 6.10 Å². The zero-order chi connectivity index (χ0) is 18.9. The van der Waals surface area contributed by atoms with Crippen molar-refractivity contribution in [1.29, 1.82) is 0 Å². The Hall–Kier alpha value is -2.63. The van der Waals surface area contributed by atoms with Crippen LogP contribution in [0.3, 0.4) is 0 Å². The van der Waals surface area contributed by atoms with E-state index in [4.69, 9.17) is 9.47 Å². The first-order valence-corrected chi connectivity index (χ1v) is 8.44. The van der Waals surface area contributed by atoms with Gasteiger partial charge in [0.05, 0.1) is 13.2 Å². The molecule has 0 spiro atoms. The van der Waals surface area contributed by atoms with E-state index in [2.05, 4.69) is 0 Å². The number of hydrogen-bond acceptors (Lipinski definition) is 5. The van der Waals surface area contributed by atoms with Gasteiger partial charge in [-0.1, -0.05) is 48.6 Å². The highest BCUT2D eigenvalue weighted by Gasteiger charge is 2.09. The molecule has 0 aliphatic heterocycles. The van der Waals surface area contributed by atoms with Crippen LogP contribution in [0.25, 0.3) is 6.08 Å². The van der Waals surface area contributed by atoms with Crippen molar-refractivity contribution in [3.8, 4) is 11.5 Å². The smallest absolute Gasteiger partial charge is 0.308 e. The monoisotopic (exact) mass is 355 g/mol. The van der Waals surface area contributed by atoms with Gasteiger partial charge in [-0.2, -0.15) is 0 Å². The molecule has 0 fully saturated rings. The number of aliphatic hydroxyl groups excluding tert-OH is 1. The second-order valence-electron chi connectivity index (χ2n) is 6.05. The van der Waals surface area contributed by atoms with E-state index in [0.717, 1.165) is 11.1 Å². The molecule has 2 aromatic rings. The van der Waals surface area contributed by atoms with Crippen molar-refractivity contribution in [1.82, 2.24) is 4.90 Å². The number of rotatable bonds is 8. The lowest BCUT2D eigenvalue weighted by atomic mass is 10.1. The van der Waals surface area contributed by atoms with E-state index in [1.807, 2.05) is 66.6 Å². The molecule has 138 valence electrons. The molecule has 0 aliphatic carbocycles. The fourth-order valence-corrected chi connectivity index (χ4v) is 2.55. The Bertz CT molecular complexity index is 743. The van der Waals surface area contributed by atoms with Crippen molar-refractivity contribution in [3.05, 3.63) is 65.7 Å². The summed E-state index contributed by atoms with van der Waals surface area (Å²) < 4.78 is 10.4. The predicted molar refractivity (Wildman–Crippen MR) is 102 cm³/mol. The summed E-state index contributed by atoms with van der Waals surface area (Å²) >= 11 is 0. The fourth-order valence-electron chi connectivity index (χ4n) is 2.55. The van der Waals surface area contributed by atoms with Crippen molar-refractivity contribution >= 4 is 12.0 Å². The van der Waals surface area contributed by atoms with Gasteiger partial charge in [-0.25, -0.2) is 0 Å². The van der Waals surface area contributed by atoms with Crippen LogP contribution in [-0.4, -0.2) is 43.2 Å². The summed E-state index contributed by atoms with van der Waals surface area (Å²) in [5, 5.41) is 10.3. The van der Waals surface area contributed by atoms with Crippen LogP contribution < -0.4 is 9.47 Å². The molecule has 0 amide bonds. The summed E-state index contributed by atoms with van der Waals surface area (Å²) in [6.07, 6.45) is 3.46. The maximum absolute atomic E-state index is 11.1. The van der Waals surface area contributed by atoms with Gasteiger partial charge in [-0.15, -0.1) is 0 Å². The Morgan fingerprint density at radius 1 is 1.19 bits per heavy atom. The van der Waals surface area contributed by atoms with Gasteiger partial charge in [0.1, 0.15) is 0 Å². The molecule has 0 heterocycles. The number of nitrogens with zero attached hydrogens (tertiary/aromatic N) is 1. The molecule has 1 atom stereocenters. The second kappa shape index (κ2) is 9.75. The molecule has 5 nitrogen and oxygen atoms in total. The molecule has 26 heavy (non-hydrogen) atoms. The van der Waals surface area contributed by atoms with Gasteiger partial charge in [0.25, 0.3) is 0 Å². The normalized spacial score (nSPS) is 12.3. The van der Waals surface area contributed by atoms with Gasteiger partial charge in [0.2, 0.25) is 0 Å². The largest absolute Gasteiger partial charge is 0.493 e. The van der Waals surface area contributed by atoms with Gasteiger partial charge in [-0.3, -0.25) is 9.69 Å². The Morgan fingerprint density at radius 2 is 1.92 bits per heavy atom. The van der Waals surface area contributed by atoms with E-state index in [9.17, 15) is 9.90 Å². The highest BCUT2D eigenvalue weighted by atomic mass is 16.6. The van der Waals surface area contributed by atoms with Gasteiger partial charge >= 0.3 is 5.97 Å². The fraction of sp³-hybridized carbons (Fsp3) is 0.286. The predicted octanol–water partition coefficient (Wildman–Crippen LogP) is 3.30. The van der Waals surface area contributed by atoms with Crippen LogP contribution in [0, 0.1) is 0 Å². The molecule has 2 aromatic carbocycles. The van der Waals surface area contributed by atoms with Crippen LogP contribution in [0.2, 0.25) is 0 Å². The summed E-state index contributed by atoms with van der Waals surface area (Å²) in [7, 11) is 3.50. The molecule has 0 aliphatic rings. The topological polar surface area (TPSA) is 59.0 Å². The average Bonchev–Trinajstić information content (AvgIpc) is 2.63. The highest BCUT2D eigenvalue weighted by molar-refractivity contribution is 5.71. The highest BCUT2D eigenvalue weighted by Crippen LogP contribution is 2.28. The van der Waals surface area contributed by atoms with Gasteiger partial charge < -0.3 is 14.6 Å².